The normalized spacial score (nSPS) is 20.8. The molecule has 1 aliphatic rings. The molecule has 24 heavy (non-hydrogen) atoms. The summed E-state index contributed by atoms with van der Waals surface area (Å²) in [4.78, 5) is 16.9. The van der Waals surface area contributed by atoms with Crippen molar-refractivity contribution in [3.63, 3.8) is 0 Å². The number of carbonyl (C=O) groups excluding carboxylic acids is 1. The smallest absolute Gasteiger partial charge is 0.233 e. The lowest BCUT2D eigenvalue weighted by molar-refractivity contribution is -0.120. The monoisotopic (exact) mass is 364 g/mol. The Balaban J connectivity index is 1.68. The Labute approximate surface area is 146 Å². The van der Waals surface area contributed by atoms with Gasteiger partial charge >= 0.3 is 0 Å². The van der Waals surface area contributed by atoms with Gasteiger partial charge in [0.1, 0.15) is 0 Å². The Morgan fingerprint density at radius 3 is 2.83 bits per heavy atom. The van der Waals surface area contributed by atoms with Crippen molar-refractivity contribution in [3.05, 3.63) is 35.9 Å². The number of rotatable bonds is 4. The number of nitrogens with zero attached hydrogens (tertiary/aromatic N) is 1. The van der Waals surface area contributed by atoms with Gasteiger partial charge in [-0.3, -0.25) is 4.79 Å². The number of para-hydroxylation sites is 1. The predicted octanol–water partition coefficient (Wildman–Crippen LogP) is 2.33. The molecular weight excluding hydrogens is 344 g/mol. The van der Waals surface area contributed by atoms with E-state index in [9.17, 15) is 13.2 Å². The van der Waals surface area contributed by atoms with E-state index in [0.29, 0.717) is 6.42 Å². The Bertz CT molecular complexity index is 881. The summed E-state index contributed by atoms with van der Waals surface area (Å²) in [5.41, 5.74) is 2.03. The van der Waals surface area contributed by atoms with Gasteiger partial charge in [-0.05, 0) is 38.0 Å². The number of aromatic nitrogens is 1. The van der Waals surface area contributed by atoms with E-state index < -0.39 is 9.84 Å². The van der Waals surface area contributed by atoms with E-state index in [0.717, 1.165) is 21.5 Å². The number of benzene rings is 1. The van der Waals surface area contributed by atoms with E-state index in [4.69, 9.17) is 0 Å². The van der Waals surface area contributed by atoms with Crippen LogP contribution >= 0.6 is 11.8 Å². The van der Waals surface area contributed by atoms with Gasteiger partial charge in [0.15, 0.2) is 9.84 Å². The van der Waals surface area contributed by atoms with Gasteiger partial charge < -0.3 is 5.32 Å². The molecule has 3 rings (SSSR count). The highest BCUT2D eigenvalue weighted by Gasteiger charge is 2.30. The van der Waals surface area contributed by atoms with Crippen molar-refractivity contribution in [1.29, 1.82) is 0 Å². The summed E-state index contributed by atoms with van der Waals surface area (Å²) in [5, 5.41) is 4.41. The van der Waals surface area contributed by atoms with Crippen molar-refractivity contribution in [2.45, 2.75) is 36.6 Å². The molecular formula is C17H20N2O3S2. The summed E-state index contributed by atoms with van der Waals surface area (Å²) >= 11 is 1.39. The second kappa shape index (κ2) is 6.72. The standard InChI is InChI=1S/C17H20N2O3S2/c1-11-9-16(19-15-6-4-3-5-14(11)15)23-12(2)17(20)18-13-7-8-24(21,22)10-13/h3-6,9,12-13H,7-8,10H2,1-2H3,(H,18,20)/t12-,13+/m0/s1. The maximum atomic E-state index is 12.3. The van der Waals surface area contributed by atoms with Crippen molar-refractivity contribution in [2.75, 3.05) is 11.5 Å². The molecule has 2 atom stereocenters. The van der Waals surface area contributed by atoms with Crippen LogP contribution in [0.15, 0.2) is 35.4 Å². The molecule has 0 saturated carbocycles. The van der Waals surface area contributed by atoms with Gasteiger partial charge in [0.2, 0.25) is 5.91 Å². The van der Waals surface area contributed by atoms with Crippen LogP contribution in [-0.2, 0) is 14.6 Å². The maximum Gasteiger partial charge on any atom is 0.233 e. The number of fused-ring (bicyclic) bond motifs is 1. The minimum absolute atomic E-state index is 0.0451. The van der Waals surface area contributed by atoms with Crippen LogP contribution in [0.2, 0.25) is 0 Å². The number of carbonyl (C=O) groups is 1. The van der Waals surface area contributed by atoms with Crippen LogP contribution < -0.4 is 5.32 Å². The first-order valence-corrected chi connectivity index (χ1v) is 10.6. The largest absolute Gasteiger partial charge is 0.351 e. The molecule has 7 heteroatoms. The zero-order valence-corrected chi connectivity index (χ0v) is 15.3. The first-order chi connectivity index (χ1) is 11.3. The lowest BCUT2D eigenvalue weighted by atomic mass is 10.1. The number of sulfone groups is 1. The van der Waals surface area contributed by atoms with Crippen LogP contribution in [0.5, 0.6) is 0 Å². The molecule has 0 unspecified atom stereocenters. The quantitative estimate of drug-likeness (QED) is 0.843. The lowest BCUT2D eigenvalue weighted by Gasteiger charge is -2.16. The van der Waals surface area contributed by atoms with Gasteiger partial charge in [0, 0.05) is 11.4 Å². The minimum Gasteiger partial charge on any atom is -0.351 e. The molecule has 1 aromatic heterocycles. The Morgan fingerprint density at radius 2 is 2.12 bits per heavy atom. The first kappa shape index (κ1) is 17.2. The third-order valence-electron chi connectivity index (χ3n) is 4.15. The molecule has 5 nitrogen and oxygen atoms in total. The maximum absolute atomic E-state index is 12.3. The van der Waals surface area contributed by atoms with Crippen LogP contribution in [0.4, 0.5) is 0 Å². The van der Waals surface area contributed by atoms with E-state index in [1.807, 2.05) is 44.2 Å². The molecule has 128 valence electrons. The summed E-state index contributed by atoms with van der Waals surface area (Å²) in [6.07, 6.45) is 0.499. The van der Waals surface area contributed by atoms with E-state index >= 15 is 0 Å². The summed E-state index contributed by atoms with van der Waals surface area (Å²) in [6.45, 7) is 3.85. The second-order valence-corrected chi connectivity index (χ2v) is 9.75. The molecule has 0 aliphatic carbocycles. The number of amides is 1. The zero-order chi connectivity index (χ0) is 17.3. The fourth-order valence-corrected chi connectivity index (χ4v) is 5.45. The SMILES string of the molecule is Cc1cc(S[C@@H](C)C(=O)N[C@@H]2CCS(=O)(=O)C2)nc2ccccc12. The van der Waals surface area contributed by atoms with Crippen LogP contribution in [-0.4, -0.2) is 42.1 Å². The van der Waals surface area contributed by atoms with E-state index in [1.54, 1.807) is 0 Å². The fraction of sp³-hybridized carbons (Fsp3) is 0.412. The third kappa shape index (κ3) is 3.89. The molecule has 1 N–H and O–H groups in total. The van der Waals surface area contributed by atoms with E-state index in [2.05, 4.69) is 10.3 Å². The summed E-state index contributed by atoms with van der Waals surface area (Å²) < 4.78 is 23.0. The summed E-state index contributed by atoms with van der Waals surface area (Å²) in [6, 6.07) is 9.63. The number of thioether (sulfide) groups is 1. The van der Waals surface area contributed by atoms with Crippen molar-refractivity contribution in [1.82, 2.24) is 10.3 Å². The molecule has 1 fully saturated rings. The average Bonchev–Trinajstić information content (AvgIpc) is 2.86. The van der Waals surface area contributed by atoms with Gasteiger partial charge in [0.25, 0.3) is 0 Å². The predicted molar refractivity (Wildman–Crippen MR) is 97.0 cm³/mol. The van der Waals surface area contributed by atoms with Crippen LogP contribution in [0.25, 0.3) is 10.9 Å². The van der Waals surface area contributed by atoms with Gasteiger partial charge in [-0.2, -0.15) is 0 Å². The highest BCUT2D eigenvalue weighted by molar-refractivity contribution is 8.00. The van der Waals surface area contributed by atoms with Gasteiger partial charge in [-0.15, -0.1) is 0 Å². The van der Waals surface area contributed by atoms with Crippen LogP contribution in [0.1, 0.15) is 18.9 Å². The Hall–Kier alpha value is -1.60. The molecule has 1 aromatic carbocycles. The molecule has 1 aliphatic heterocycles. The minimum atomic E-state index is -2.99. The molecule has 1 saturated heterocycles. The number of aryl methyl sites for hydroxylation is 1. The molecule has 1 amide bonds. The van der Waals surface area contributed by atoms with Gasteiger partial charge in [-0.1, -0.05) is 30.0 Å². The lowest BCUT2D eigenvalue weighted by Crippen LogP contribution is -2.39. The fourth-order valence-electron chi connectivity index (χ4n) is 2.84. The van der Waals surface area contributed by atoms with Crippen molar-refractivity contribution >= 4 is 38.4 Å². The van der Waals surface area contributed by atoms with Crippen LogP contribution in [0, 0.1) is 6.92 Å². The van der Waals surface area contributed by atoms with E-state index in [1.165, 1.54) is 11.8 Å². The summed E-state index contributed by atoms with van der Waals surface area (Å²) in [5.74, 6) is 0.0589. The Kier molecular flexibility index (Phi) is 4.83. The van der Waals surface area contributed by atoms with Gasteiger partial charge in [0.05, 0.1) is 27.3 Å². The van der Waals surface area contributed by atoms with Crippen molar-refractivity contribution in [3.8, 4) is 0 Å². The zero-order valence-electron chi connectivity index (χ0n) is 13.7. The number of pyridine rings is 1. The molecule has 0 spiro atoms. The van der Waals surface area contributed by atoms with Crippen molar-refractivity contribution < 1.29 is 13.2 Å². The molecule has 0 radical (unpaired) electrons. The highest BCUT2D eigenvalue weighted by atomic mass is 32.2. The summed E-state index contributed by atoms with van der Waals surface area (Å²) in [7, 11) is -2.99. The topological polar surface area (TPSA) is 76.1 Å². The third-order valence-corrected chi connectivity index (χ3v) is 6.93. The second-order valence-electron chi connectivity index (χ2n) is 6.16. The average molecular weight is 364 g/mol. The van der Waals surface area contributed by atoms with E-state index in [-0.39, 0.29) is 28.7 Å². The number of nitrogens with one attached hydrogen (secondary N) is 1. The molecule has 2 heterocycles. The van der Waals surface area contributed by atoms with Crippen molar-refractivity contribution in [2.24, 2.45) is 0 Å². The number of hydrogen-bond donors (Lipinski definition) is 1. The number of hydrogen-bond acceptors (Lipinski definition) is 5. The highest BCUT2D eigenvalue weighted by Crippen LogP contribution is 2.26. The first-order valence-electron chi connectivity index (χ1n) is 7.88. The molecule has 2 aromatic rings. The van der Waals surface area contributed by atoms with Gasteiger partial charge in [-0.25, -0.2) is 13.4 Å². The molecule has 0 bridgehead atoms. The Morgan fingerprint density at radius 1 is 1.38 bits per heavy atom. The van der Waals surface area contributed by atoms with Crippen LogP contribution in [0.3, 0.4) is 0 Å².